The van der Waals surface area contributed by atoms with Gasteiger partial charge in [0.05, 0.1) is 6.04 Å². The summed E-state index contributed by atoms with van der Waals surface area (Å²) >= 11 is 0. The normalized spacial score (nSPS) is 12.9. The Hall–Kier alpha value is -0.570. The van der Waals surface area contributed by atoms with Crippen LogP contribution in [0.15, 0.2) is 0 Å². The molecule has 0 aliphatic rings. The molecule has 0 saturated heterocycles. The fourth-order valence-corrected chi connectivity index (χ4v) is 0.316. The smallest absolute Gasteiger partial charge is 0.236 e. The van der Waals surface area contributed by atoms with E-state index in [4.69, 9.17) is 5.73 Å². The molecule has 0 aromatic carbocycles. The van der Waals surface area contributed by atoms with E-state index in [1.165, 1.54) is 0 Å². The molecule has 0 heterocycles. The Kier molecular flexibility index (Phi) is 3.19. The molecule has 1 radical (unpaired) electrons. The topological polar surface area (TPSA) is 55.1 Å². The minimum atomic E-state index is -0.444. The molecule has 3 nitrogen and oxygen atoms in total. The van der Waals surface area contributed by atoms with Crippen LogP contribution in [0.25, 0.3) is 0 Å². The second kappa shape index (κ2) is 3.43. The quantitative estimate of drug-likeness (QED) is 0.499. The number of carbonyl (C=O) groups excluding carboxylic acids is 1. The van der Waals surface area contributed by atoms with Crippen molar-refractivity contribution in [2.24, 2.45) is 5.73 Å². The van der Waals surface area contributed by atoms with Crippen molar-refractivity contribution in [3.8, 4) is 0 Å². The molecule has 0 aromatic heterocycles. The van der Waals surface area contributed by atoms with E-state index in [2.05, 4.69) is 12.2 Å². The molecule has 8 heavy (non-hydrogen) atoms. The van der Waals surface area contributed by atoms with Gasteiger partial charge in [-0.3, -0.25) is 4.79 Å². The highest BCUT2D eigenvalue weighted by atomic mass is 16.2. The molecule has 3 heteroatoms. The Morgan fingerprint density at radius 2 is 2.50 bits per heavy atom. The summed E-state index contributed by atoms with van der Waals surface area (Å²) in [6.45, 7) is 3.47. The lowest BCUT2D eigenvalue weighted by molar-refractivity contribution is -0.121. The fraction of sp³-hybridized carbons (Fsp3) is 0.600. The average molecular weight is 115 g/mol. The van der Waals surface area contributed by atoms with Crippen LogP contribution in [0.4, 0.5) is 0 Å². The van der Waals surface area contributed by atoms with E-state index >= 15 is 0 Å². The molecule has 0 aliphatic heterocycles. The number of nitrogens with two attached hydrogens (primary N) is 1. The zero-order valence-corrected chi connectivity index (χ0v) is 4.98. The van der Waals surface area contributed by atoms with Gasteiger partial charge < -0.3 is 11.1 Å². The summed E-state index contributed by atoms with van der Waals surface area (Å²) in [7, 11) is 1.55. The average Bonchev–Trinajstić information content (AvgIpc) is 1.84. The van der Waals surface area contributed by atoms with Crippen molar-refractivity contribution in [1.29, 1.82) is 0 Å². The number of amides is 1. The highest BCUT2D eigenvalue weighted by Crippen LogP contribution is 1.81. The summed E-state index contributed by atoms with van der Waals surface area (Å²) in [5.74, 6) is -0.153. The van der Waals surface area contributed by atoms with Crippen LogP contribution in [0, 0.1) is 6.92 Å². The minimum Gasteiger partial charge on any atom is -0.358 e. The fourth-order valence-electron chi connectivity index (χ4n) is 0.316. The maximum Gasteiger partial charge on any atom is 0.236 e. The van der Waals surface area contributed by atoms with E-state index in [1.54, 1.807) is 7.05 Å². The van der Waals surface area contributed by atoms with Gasteiger partial charge in [0.1, 0.15) is 0 Å². The van der Waals surface area contributed by atoms with Crippen LogP contribution in [0.2, 0.25) is 0 Å². The van der Waals surface area contributed by atoms with Crippen LogP contribution in [0.3, 0.4) is 0 Å². The molecule has 0 rings (SSSR count). The van der Waals surface area contributed by atoms with Gasteiger partial charge in [0.15, 0.2) is 0 Å². The summed E-state index contributed by atoms with van der Waals surface area (Å²) < 4.78 is 0. The molecule has 47 valence electrons. The maximum absolute atomic E-state index is 10.5. The van der Waals surface area contributed by atoms with E-state index in [0.717, 1.165) is 0 Å². The van der Waals surface area contributed by atoms with Crippen molar-refractivity contribution in [3.63, 3.8) is 0 Å². The summed E-state index contributed by atoms with van der Waals surface area (Å²) in [6, 6.07) is -0.444. The summed E-state index contributed by atoms with van der Waals surface area (Å²) in [5.41, 5.74) is 5.25. The van der Waals surface area contributed by atoms with Crippen molar-refractivity contribution in [1.82, 2.24) is 5.32 Å². The molecular weight excluding hydrogens is 104 g/mol. The zero-order valence-electron chi connectivity index (χ0n) is 4.98. The zero-order chi connectivity index (χ0) is 6.57. The first kappa shape index (κ1) is 7.43. The van der Waals surface area contributed by atoms with E-state index in [-0.39, 0.29) is 5.91 Å². The Bertz CT molecular complexity index is 82.5. The summed E-state index contributed by atoms with van der Waals surface area (Å²) in [4.78, 5) is 10.5. The number of rotatable bonds is 2. The Morgan fingerprint density at radius 1 is 2.00 bits per heavy atom. The predicted octanol–water partition coefficient (Wildman–Crippen LogP) is -0.716. The first-order valence-electron chi connectivity index (χ1n) is 2.48. The molecule has 0 aliphatic carbocycles. The molecule has 0 fully saturated rings. The van der Waals surface area contributed by atoms with E-state index in [1.807, 2.05) is 0 Å². The summed E-state index contributed by atoms with van der Waals surface area (Å²) in [5, 5.41) is 2.41. The number of nitrogens with one attached hydrogen (secondary N) is 1. The van der Waals surface area contributed by atoms with Gasteiger partial charge in [0, 0.05) is 7.05 Å². The van der Waals surface area contributed by atoms with Gasteiger partial charge in [0.2, 0.25) is 5.91 Å². The molecule has 0 spiro atoms. The van der Waals surface area contributed by atoms with Crippen molar-refractivity contribution in [2.45, 2.75) is 12.5 Å². The minimum absolute atomic E-state index is 0.153. The van der Waals surface area contributed by atoms with Crippen molar-refractivity contribution in [3.05, 3.63) is 6.92 Å². The van der Waals surface area contributed by atoms with Crippen LogP contribution in [0.5, 0.6) is 0 Å². The highest BCUT2D eigenvalue weighted by Gasteiger charge is 2.06. The third kappa shape index (κ3) is 1.93. The lowest BCUT2D eigenvalue weighted by atomic mass is 10.2. The summed E-state index contributed by atoms with van der Waals surface area (Å²) in [6.07, 6.45) is 0.444. The third-order valence-corrected chi connectivity index (χ3v) is 0.894. The van der Waals surface area contributed by atoms with Gasteiger partial charge in [-0.05, 0) is 6.42 Å². The van der Waals surface area contributed by atoms with Gasteiger partial charge in [-0.2, -0.15) is 0 Å². The Balaban J connectivity index is 3.46. The SMILES string of the molecule is [CH2]CC(N)C(=O)NC. The number of carbonyl (C=O) groups is 1. The standard InChI is InChI=1S/C5H11N2O/c1-3-4(6)5(8)7-2/h4H,1,3,6H2,2H3,(H,7,8). The molecule has 1 atom stereocenters. The second-order valence-electron chi connectivity index (χ2n) is 1.51. The molecule has 0 aromatic rings. The molecular formula is C5H11N2O. The van der Waals surface area contributed by atoms with Crippen LogP contribution >= 0.6 is 0 Å². The van der Waals surface area contributed by atoms with Gasteiger partial charge in [-0.25, -0.2) is 0 Å². The van der Waals surface area contributed by atoms with Gasteiger partial charge in [0.25, 0.3) is 0 Å². The highest BCUT2D eigenvalue weighted by molar-refractivity contribution is 5.81. The predicted molar refractivity (Wildman–Crippen MR) is 32.0 cm³/mol. The lowest BCUT2D eigenvalue weighted by Gasteiger charge is -2.03. The van der Waals surface area contributed by atoms with Crippen molar-refractivity contribution >= 4 is 5.91 Å². The van der Waals surface area contributed by atoms with E-state index in [9.17, 15) is 4.79 Å². The van der Waals surface area contributed by atoms with Crippen molar-refractivity contribution in [2.75, 3.05) is 7.05 Å². The number of likely N-dealkylation sites (N-methyl/N-ethyl adjacent to an activating group) is 1. The van der Waals surface area contributed by atoms with Crippen LogP contribution in [-0.2, 0) is 4.79 Å². The molecule has 0 saturated carbocycles. The maximum atomic E-state index is 10.5. The first-order valence-corrected chi connectivity index (χ1v) is 2.48. The molecule has 1 unspecified atom stereocenters. The van der Waals surface area contributed by atoms with Crippen LogP contribution in [-0.4, -0.2) is 19.0 Å². The Morgan fingerprint density at radius 3 is 2.62 bits per heavy atom. The Labute approximate surface area is 49.3 Å². The monoisotopic (exact) mass is 115 g/mol. The van der Waals surface area contributed by atoms with E-state index < -0.39 is 6.04 Å². The van der Waals surface area contributed by atoms with Gasteiger partial charge >= 0.3 is 0 Å². The second-order valence-corrected chi connectivity index (χ2v) is 1.51. The van der Waals surface area contributed by atoms with Gasteiger partial charge in [-0.1, -0.05) is 6.92 Å². The van der Waals surface area contributed by atoms with Crippen molar-refractivity contribution < 1.29 is 4.79 Å². The van der Waals surface area contributed by atoms with Crippen LogP contribution in [0.1, 0.15) is 6.42 Å². The first-order chi connectivity index (χ1) is 3.72. The lowest BCUT2D eigenvalue weighted by Crippen LogP contribution is -2.37. The number of hydrogen-bond donors (Lipinski definition) is 2. The van der Waals surface area contributed by atoms with Crippen LogP contribution < -0.4 is 11.1 Å². The number of hydrogen-bond acceptors (Lipinski definition) is 2. The molecule has 3 N–H and O–H groups in total. The third-order valence-electron chi connectivity index (χ3n) is 0.894. The molecule has 1 amide bonds. The molecule has 0 bridgehead atoms. The van der Waals surface area contributed by atoms with Gasteiger partial charge in [-0.15, -0.1) is 0 Å². The van der Waals surface area contributed by atoms with E-state index in [0.29, 0.717) is 6.42 Å². The largest absolute Gasteiger partial charge is 0.358 e.